The highest BCUT2D eigenvalue weighted by Crippen LogP contribution is 2.39. The van der Waals surface area contributed by atoms with Crippen LogP contribution in [0.5, 0.6) is 0 Å². The molecule has 33 heavy (non-hydrogen) atoms. The first-order valence-corrected chi connectivity index (χ1v) is 12.9. The summed E-state index contributed by atoms with van der Waals surface area (Å²) in [7, 11) is -2.87. The molecule has 0 radical (unpaired) electrons. The van der Waals surface area contributed by atoms with E-state index in [1.807, 2.05) is 0 Å². The first-order chi connectivity index (χ1) is 15.5. The van der Waals surface area contributed by atoms with Crippen molar-refractivity contribution in [1.29, 1.82) is 0 Å². The van der Waals surface area contributed by atoms with E-state index >= 15 is 0 Å². The molecular weight excluding hydrogens is 479 g/mol. The van der Waals surface area contributed by atoms with Gasteiger partial charge < -0.3 is 4.74 Å². The van der Waals surface area contributed by atoms with E-state index in [1.165, 1.54) is 24.0 Å². The number of thioether (sulfide) groups is 1. The Labute approximate surface area is 195 Å². The largest absolute Gasteiger partial charge is 0.465 e. The number of rotatable bonds is 8. The molecule has 0 aliphatic heterocycles. The first kappa shape index (κ1) is 25.6. The van der Waals surface area contributed by atoms with Crippen LogP contribution in [-0.2, 0) is 38.7 Å². The van der Waals surface area contributed by atoms with Crippen LogP contribution >= 0.6 is 11.8 Å². The Morgan fingerprint density at radius 2 is 2.03 bits per heavy atom. The van der Waals surface area contributed by atoms with Crippen LogP contribution in [0.15, 0.2) is 34.2 Å². The molecule has 0 saturated heterocycles. The minimum Gasteiger partial charge on any atom is -0.465 e. The van der Waals surface area contributed by atoms with Crippen molar-refractivity contribution in [2.75, 3.05) is 19.4 Å². The number of carbonyl (C=O) groups is 1. The highest BCUT2D eigenvalue weighted by atomic mass is 32.2. The fourth-order valence-corrected chi connectivity index (χ4v) is 6.17. The van der Waals surface area contributed by atoms with Crippen molar-refractivity contribution in [3.63, 3.8) is 0 Å². The number of ether oxygens (including phenoxy) is 1. The second-order valence-corrected chi connectivity index (χ2v) is 10.9. The molecule has 1 aromatic heterocycles. The van der Waals surface area contributed by atoms with Crippen molar-refractivity contribution in [3.05, 3.63) is 41.2 Å². The molecule has 0 fully saturated rings. The number of aromatic nitrogens is 2. The number of hydrogen-bond acceptors (Lipinski definition) is 6. The Hall–Kier alpha value is -2.05. The zero-order chi connectivity index (χ0) is 24.4. The Morgan fingerprint density at radius 1 is 1.30 bits per heavy atom. The standard InChI is InChI=1S/C21H26F3N3O4S2/c1-4-31-20(28)13-27-19-8-6-7-18(17(19)12-25-27)26(3)33(29,30)16-10-14(21(22,23)24)9-15(11-16)32-5-2/h9-12,18H,4-8,13H2,1-3H3. The highest BCUT2D eigenvalue weighted by Gasteiger charge is 2.37. The fraction of sp³-hybridized carbons (Fsp3) is 0.524. The van der Waals surface area contributed by atoms with E-state index in [1.54, 1.807) is 13.8 Å². The lowest BCUT2D eigenvalue weighted by atomic mass is 9.93. The maximum absolute atomic E-state index is 13.4. The average Bonchev–Trinajstić information content (AvgIpc) is 3.15. The van der Waals surface area contributed by atoms with Gasteiger partial charge in [-0.05, 0) is 50.1 Å². The Bertz CT molecular complexity index is 1120. The summed E-state index contributed by atoms with van der Waals surface area (Å²) >= 11 is 1.14. The van der Waals surface area contributed by atoms with Gasteiger partial charge in [0.2, 0.25) is 10.0 Å². The lowest BCUT2D eigenvalue weighted by Crippen LogP contribution is -2.33. The van der Waals surface area contributed by atoms with Gasteiger partial charge in [0.05, 0.1) is 29.3 Å². The van der Waals surface area contributed by atoms with E-state index in [-0.39, 0.29) is 18.0 Å². The zero-order valence-electron chi connectivity index (χ0n) is 18.6. The lowest BCUT2D eigenvalue weighted by molar-refractivity contribution is -0.144. The minimum atomic E-state index is -4.67. The van der Waals surface area contributed by atoms with Gasteiger partial charge in [0.15, 0.2) is 0 Å². The summed E-state index contributed by atoms with van der Waals surface area (Å²) < 4.78 is 74.6. The van der Waals surface area contributed by atoms with Crippen molar-refractivity contribution >= 4 is 27.8 Å². The number of fused-ring (bicyclic) bond motifs is 1. The lowest BCUT2D eigenvalue weighted by Gasteiger charge is -2.31. The maximum atomic E-state index is 13.4. The van der Waals surface area contributed by atoms with Crippen LogP contribution in [0.3, 0.4) is 0 Å². The zero-order valence-corrected chi connectivity index (χ0v) is 20.2. The summed E-state index contributed by atoms with van der Waals surface area (Å²) in [5.41, 5.74) is 0.374. The van der Waals surface area contributed by atoms with E-state index in [2.05, 4.69) is 5.10 Å². The number of hydrogen-bond donors (Lipinski definition) is 0. The highest BCUT2D eigenvalue weighted by molar-refractivity contribution is 7.99. The van der Waals surface area contributed by atoms with Crippen LogP contribution in [0.4, 0.5) is 13.2 Å². The van der Waals surface area contributed by atoms with Gasteiger partial charge in [-0.15, -0.1) is 11.8 Å². The van der Waals surface area contributed by atoms with Crippen molar-refractivity contribution in [1.82, 2.24) is 14.1 Å². The van der Waals surface area contributed by atoms with E-state index in [0.717, 1.165) is 27.8 Å². The van der Waals surface area contributed by atoms with Crippen molar-refractivity contribution in [3.8, 4) is 0 Å². The van der Waals surface area contributed by atoms with E-state index in [4.69, 9.17) is 4.74 Å². The molecule has 7 nitrogen and oxygen atoms in total. The Morgan fingerprint density at radius 3 is 2.67 bits per heavy atom. The molecule has 2 aromatic rings. The molecular formula is C21H26F3N3O4S2. The molecule has 0 bridgehead atoms. The third-order valence-electron chi connectivity index (χ3n) is 5.45. The number of halogens is 3. The second-order valence-electron chi connectivity index (χ2n) is 7.56. The number of esters is 1. The van der Waals surface area contributed by atoms with Gasteiger partial charge in [0, 0.05) is 23.2 Å². The monoisotopic (exact) mass is 505 g/mol. The van der Waals surface area contributed by atoms with Crippen LogP contribution in [0.1, 0.15) is 49.6 Å². The molecule has 0 saturated carbocycles. The summed E-state index contributed by atoms with van der Waals surface area (Å²) in [6.07, 6.45) is -1.40. The van der Waals surface area contributed by atoms with Gasteiger partial charge in [-0.3, -0.25) is 9.48 Å². The van der Waals surface area contributed by atoms with Crippen LogP contribution in [0.25, 0.3) is 0 Å². The van der Waals surface area contributed by atoms with Crippen LogP contribution < -0.4 is 0 Å². The fourth-order valence-electron chi connectivity index (χ4n) is 3.91. The first-order valence-electron chi connectivity index (χ1n) is 10.5. The molecule has 1 atom stereocenters. The van der Waals surface area contributed by atoms with Gasteiger partial charge in [-0.25, -0.2) is 8.42 Å². The number of sulfonamides is 1. The van der Waals surface area contributed by atoms with Gasteiger partial charge in [0.1, 0.15) is 6.54 Å². The Balaban J connectivity index is 1.96. The summed E-state index contributed by atoms with van der Waals surface area (Å²) in [4.78, 5) is 11.7. The van der Waals surface area contributed by atoms with Crippen LogP contribution in [0, 0.1) is 0 Å². The maximum Gasteiger partial charge on any atom is 0.416 e. The van der Waals surface area contributed by atoms with Crippen molar-refractivity contribution in [2.45, 2.75) is 61.7 Å². The summed E-state index contributed by atoms with van der Waals surface area (Å²) in [5.74, 6) is 0.0545. The molecule has 0 spiro atoms. The van der Waals surface area contributed by atoms with Crippen molar-refractivity contribution < 1.29 is 31.1 Å². The van der Waals surface area contributed by atoms with Crippen LogP contribution in [-0.4, -0.2) is 47.9 Å². The quantitative estimate of drug-likeness (QED) is 0.394. The molecule has 3 rings (SSSR count). The molecule has 1 heterocycles. The summed E-state index contributed by atoms with van der Waals surface area (Å²) in [6.45, 7) is 3.63. The molecule has 12 heteroatoms. The number of nitrogens with zero attached hydrogens (tertiary/aromatic N) is 3. The molecule has 0 amide bonds. The molecule has 1 aromatic carbocycles. The average molecular weight is 506 g/mol. The van der Waals surface area contributed by atoms with Crippen LogP contribution in [0.2, 0.25) is 0 Å². The van der Waals surface area contributed by atoms with Gasteiger partial charge >= 0.3 is 12.1 Å². The topological polar surface area (TPSA) is 81.5 Å². The Kier molecular flexibility index (Phi) is 7.80. The van der Waals surface area contributed by atoms with Gasteiger partial charge in [0.25, 0.3) is 0 Å². The predicted molar refractivity (Wildman–Crippen MR) is 117 cm³/mol. The number of carbonyl (C=O) groups excluding carboxylic acids is 1. The van der Waals surface area contributed by atoms with E-state index in [0.29, 0.717) is 36.6 Å². The summed E-state index contributed by atoms with van der Waals surface area (Å²) in [5, 5.41) is 4.23. The van der Waals surface area contributed by atoms with Gasteiger partial charge in [-0.2, -0.15) is 22.6 Å². The third-order valence-corrected chi connectivity index (χ3v) is 8.15. The second kappa shape index (κ2) is 10.1. The number of benzene rings is 1. The number of alkyl halides is 3. The molecule has 1 aliphatic rings. The van der Waals surface area contributed by atoms with E-state index in [9.17, 15) is 26.4 Å². The SMILES string of the molecule is CCOC(=O)Cn1ncc2c1CCCC2N(C)S(=O)(=O)c1cc(SCC)cc(C(F)(F)F)c1. The third kappa shape index (κ3) is 5.55. The molecule has 0 N–H and O–H groups in total. The van der Waals surface area contributed by atoms with Gasteiger partial charge in [-0.1, -0.05) is 6.92 Å². The normalized spacial score (nSPS) is 16.6. The summed E-state index contributed by atoms with van der Waals surface area (Å²) in [6, 6.07) is 2.32. The molecule has 182 valence electrons. The molecule has 1 unspecified atom stereocenters. The van der Waals surface area contributed by atoms with E-state index < -0.39 is 38.7 Å². The smallest absolute Gasteiger partial charge is 0.416 e. The predicted octanol–water partition coefficient (Wildman–Crippen LogP) is 4.28. The molecule has 1 aliphatic carbocycles. The van der Waals surface area contributed by atoms with Crippen molar-refractivity contribution in [2.24, 2.45) is 0 Å². The minimum absolute atomic E-state index is 0.0857.